The van der Waals surface area contributed by atoms with E-state index in [-0.39, 0.29) is 0 Å². The van der Waals surface area contributed by atoms with E-state index in [2.05, 4.69) is 51.8 Å². The smallest absolute Gasteiger partial charge is 0.229 e. The van der Waals surface area contributed by atoms with Gasteiger partial charge in [0.25, 0.3) is 0 Å². The minimum Gasteiger partial charge on any atom is -0.366 e. The number of rotatable bonds is 5. The summed E-state index contributed by atoms with van der Waals surface area (Å²) in [7, 11) is 0. The molecule has 3 aromatic rings. The van der Waals surface area contributed by atoms with Crippen LogP contribution in [-0.4, -0.2) is 9.97 Å². The van der Waals surface area contributed by atoms with Crippen LogP contribution in [0, 0.1) is 13.8 Å². The van der Waals surface area contributed by atoms with Crippen molar-refractivity contribution in [3.05, 3.63) is 76.4 Å². The summed E-state index contributed by atoms with van der Waals surface area (Å²) >= 11 is 6.05. The van der Waals surface area contributed by atoms with Crippen molar-refractivity contribution in [2.24, 2.45) is 0 Å². The molecule has 0 radical (unpaired) electrons. The maximum absolute atomic E-state index is 6.05. The summed E-state index contributed by atoms with van der Waals surface area (Å²) in [5, 5.41) is 7.21. The molecular formula is C19H19ClN4. The van der Waals surface area contributed by atoms with Gasteiger partial charge in [0.2, 0.25) is 5.95 Å². The van der Waals surface area contributed by atoms with Crippen LogP contribution in [0.25, 0.3) is 0 Å². The topological polar surface area (TPSA) is 49.8 Å². The third-order valence-electron chi connectivity index (χ3n) is 3.70. The zero-order valence-electron chi connectivity index (χ0n) is 13.7. The highest BCUT2D eigenvalue weighted by Gasteiger charge is 2.04. The Morgan fingerprint density at radius 1 is 1.00 bits per heavy atom. The molecule has 0 saturated carbocycles. The van der Waals surface area contributed by atoms with Gasteiger partial charge in [-0.05, 0) is 43.2 Å². The van der Waals surface area contributed by atoms with Gasteiger partial charge in [-0.15, -0.1) is 0 Å². The summed E-state index contributed by atoms with van der Waals surface area (Å²) in [5.74, 6) is 1.31. The van der Waals surface area contributed by atoms with Crippen LogP contribution >= 0.6 is 11.6 Å². The van der Waals surface area contributed by atoms with Crippen molar-refractivity contribution < 1.29 is 0 Å². The molecule has 0 aliphatic rings. The van der Waals surface area contributed by atoms with Gasteiger partial charge in [0.1, 0.15) is 5.82 Å². The number of aryl methyl sites for hydroxylation is 2. The number of hydrogen-bond donors (Lipinski definition) is 2. The highest BCUT2D eigenvalue weighted by molar-refractivity contribution is 6.30. The molecule has 1 aromatic heterocycles. The van der Waals surface area contributed by atoms with Crippen LogP contribution in [0.5, 0.6) is 0 Å². The number of aromatic nitrogens is 2. The SMILES string of the molecule is Cc1ccc(CNc2ccnc(Nc3cc(Cl)ccc3C)n2)cc1. The number of halogens is 1. The Labute approximate surface area is 146 Å². The molecule has 0 spiro atoms. The van der Waals surface area contributed by atoms with Crippen LogP contribution in [0.15, 0.2) is 54.7 Å². The van der Waals surface area contributed by atoms with Crippen LogP contribution in [0.1, 0.15) is 16.7 Å². The van der Waals surface area contributed by atoms with Crippen molar-refractivity contribution in [3.8, 4) is 0 Å². The van der Waals surface area contributed by atoms with E-state index in [4.69, 9.17) is 11.6 Å². The molecule has 3 rings (SSSR count). The lowest BCUT2D eigenvalue weighted by Crippen LogP contribution is -2.04. The average Bonchev–Trinajstić information content (AvgIpc) is 2.58. The fraction of sp³-hybridized carbons (Fsp3) is 0.158. The molecule has 4 nitrogen and oxygen atoms in total. The second-order valence-corrected chi connectivity index (χ2v) is 6.13. The normalized spacial score (nSPS) is 10.5. The molecule has 122 valence electrons. The summed E-state index contributed by atoms with van der Waals surface area (Å²) in [6.45, 7) is 4.81. The zero-order chi connectivity index (χ0) is 16.9. The third-order valence-corrected chi connectivity index (χ3v) is 3.93. The summed E-state index contributed by atoms with van der Waals surface area (Å²) in [4.78, 5) is 8.76. The predicted octanol–water partition coefficient (Wildman–Crippen LogP) is 5.10. The Balaban J connectivity index is 1.69. The average molecular weight is 339 g/mol. The largest absolute Gasteiger partial charge is 0.366 e. The summed E-state index contributed by atoms with van der Waals surface area (Å²) < 4.78 is 0. The van der Waals surface area contributed by atoms with Crippen molar-refractivity contribution in [1.82, 2.24) is 9.97 Å². The first-order chi connectivity index (χ1) is 11.6. The Morgan fingerprint density at radius 3 is 2.58 bits per heavy atom. The Kier molecular flexibility index (Phi) is 4.96. The van der Waals surface area contributed by atoms with Gasteiger partial charge in [-0.3, -0.25) is 0 Å². The molecule has 2 aromatic carbocycles. The summed E-state index contributed by atoms with van der Waals surface area (Å²) in [5.41, 5.74) is 4.45. The van der Waals surface area contributed by atoms with E-state index < -0.39 is 0 Å². The van der Waals surface area contributed by atoms with E-state index in [0.717, 1.165) is 17.1 Å². The summed E-state index contributed by atoms with van der Waals surface area (Å²) in [6.07, 6.45) is 1.73. The van der Waals surface area contributed by atoms with Gasteiger partial charge in [0, 0.05) is 23.5 Å². The quantitative estimate of drug-likeness (QED) is 0.679. The fourth-order valence-corrected chi connectivity index (χ4v) is 2.44. The molecule has 5 heteroatoms. The second-order valence-electron chi connectivity index (χ2n) is 5.69. The minimum atomic E-state index is 0.536. The lowest BCUT2D eigenvalue weighted by atomic mass is 10.1. The monoisotopic (exact) mass is 338 g/mol. The van der Waals surface area contributed by atoms with Gasteiger partial charge in [-0.2, -0.15) is 4.98 Å². The number of nitrogens with one attached hydrogen (secondary N) is 2. The summed E-state index contributed by atoms with van der Waals surface area (Å²) in [6, 6.07) is 16.0. The van der Waals surface area contributed by atoms with Crippen LogP contribution in [-0.2, 0) is 6.54 Å². The van der Waals surface area contributed by atoms with Gasteiger partial charge in [-0.25, -0.2) is 4.98 Å². The van der Waals surface area contributed by atoms with E-state index in [0.29, 0.717) is 17.5 Å². The van der Waals surface area contributed by atoms with Crippen molar-refractivity contribution >= 4 is 29.1 Å². The van der Waals surface area contributed by atoms with E-state index in [9.17, 15) is 0 Å². The molecule has 1 heterocycles. The van der Waals surface area contributed by atoms with E-state index in [1.165, 1.54) is 11.1 Å². The molecule has 0 saturated heterocycles. The van der Waals surface area contributed by atoms with Crippen LogP contribution in [0.2, 0.25) is 5.02 Å². The van der Waals surface area contributed by atoms with E-state index in [1.807, 2.05) is 31.2 Å². The molecule has 0 atom stereocenters. The highest BCUT2D eigenvalue weighted by Crippen LogP contribution is 2.23. The number of benzene rings is 2. The van der Waals surface area contributed by atoms with E-state index >= 15 is 0 Å². The molecule has 0 bridgehead atoms. The van der Waals surface area contributed by atoms with Crippen LogP contribution < -0.4 is 10.6 Å². The highest BCUT2D eigenvalue weighted by atomic mass is 35.5. The molecule has 0 unspecified atom stereocenters. The molecular weight excluding hydrogens is 320 g/mol. The zero-order valence-corrected chi connectivity index (χ0v) is 14.4. The molecule has 2 N–H and O–H groups in total. The lowest BCUT2D eigenvalue weighted by Gasteiger charge is -2.10. The fourth-order valence-electron chi connectivity index (χ4n) is 2.27. The molecule has 0 aliphatic carbocycles. The molecule has 24 heavy (non-hydrogen) atoms. The predicted molar refractivity (Wildman–Crippen MR) is 100 cm³/mol. The van der Waals surface area contributed by atoms with E-state index in [1.54, 1.807) is 6.20 Å². The number of hydrogen-bond acceptors (Lipinski definition) is 4. The maximum Gasteiger partial charge on any atom is 0.229 e. The molecule has 0 amide bonds. The first-order valence-electron chi connectivity index (χ1n) is 7.76. The minimum absolute atomic E-state index is 0.536. The number of anilines is 3. The standard InChI is InChI=1S/C19H19ClN4/c1-13-3-6-15(7-4-13)12-22-18-9-10-21-19(24-18)23-17-11-16(20)8-5-14(17)2/h3-11H,12H2,1-2H3,(H2,21,22,23,24). The molecule has 0 aliphatic heterocycles. The molecule has 0 fully saturated rings. The van der Waals surface area contributed by atoms with Crippen LogP contribution in [0.3, 0.4) is 0 Å². The van der Waals surface area contributed by atoms with Gasteiger partial charge in [0.15, 0.2) is 0 Å². The first kappa shape index (κ1) is 16.3. The van der Waals surface area contributed by atoms with Crippen LogP contribution in [0.4, 0.5) is 17.5 Å². The van der Waals surface area contributed by atoms with Crippen molar-refractivity contribution in [2.45, 2.75) is 20.4 Å². The second kappa shape index (κ2) is 7.32. The Hall–Kier alpha value is -2.59. The lowest BCUT2D eigenvalue weighted by molar-refractivity contribution is 1.08. The van der Waals surface area contributed by atoms with Gasteiger partial charge in [-0.1, -0.05) is 47.5 Å². The first-order valence-corrected chi connectivity index (χ1v) is 8.13. The van der Waals surface area contributed by atoms with Crippen molar-refractivity contribution in [1.29, 1.82) is 0 Å². The van der Waals surface area contributed by atoms with Gasteiger partial charge in [0.05, 0.1) is 0 Å². The van der Waals surface area contributed by atoms with Gasteiger partial charge >= 0.3 is 0 Å². The van der Waals surface area contributed by atoms with Crippen molar-refractivity contribution in [2.75, 3.05) is 10.6 Å². The maximum atomic E-state index is 6.05. The van der Waals surface area contributed by atoms with Crippen molar-refractivity contribution in [3.63, 3.8) is 0 Å². The van der Waals surface area contributed by atoms with Gasteiger partial charge < -0.3 is 10.6 Å². The third kappa shape index (κ3) is 4.24. The Bertz CT molecular complexity index is 831. The number of nitrogens with zero attached hydrogens (tertiary/aromatic N) is 2. The Morgan fingerprint density at radius 2 is 1.79 bits per heavy atom.